The number of hydrogen-bond donors (Lipinski definition) is 1. The number of nitrogens with one attached hydrogen (secondary N) is 1. The van der Waals surface area contributed by atoms with Gasteiger partial charge in [-0.25, -0.2) is 0 Å². The molecular formula is C11H20N4. The molecule has 2 rings (SSSR count). The van der Waals surface area contributed by atoms with Gasteiger partial charge in [-0.3, -0.25) is 14.9 Å². The Labute approximate surface area is 91.5 Å². The van der Waals surface area contributed by atoms with Crippen molar-refractivity contribution in [3.05, 3.63) is 0 Å². The summed E-state index contributed by atoms with van der Waals surface area (Å²) in [5, 5.41) is 3.41. The minimum absolute atomic E-state index is 0.106. The Kier molecular flexibility index (Phi) is 3.17. The molecule has 0 aromatic rings. The molecule has 0 aromatic carbocycles. The van der Waals surface area contributed by atoms with Crippen LogP contribution >= 0.6 is 0 Å². The molecule has 0 amide bonds. The summed E-state index contributed by atoms with van der Waals surface area (Å²) in [6.45, 7) is 9.37. The van der Waals surface area contributed by atoms with Crippen molar-refractivity contribution in [1.29, 1.82) is 0 Å². The lowest BCUT2D eigenvalue weighted by molar-refractivity contribution is 0.127. The molecule has 0 aliphatic carbocycles. The lowest BCUT2D eigenvalue weighted by Crippen LogP contribution is -2.50. The SMILES string of the molecule is CC1=NCC(C)(N2CCCNCC2)N=C1. The van der Waals surface area contributed by atoms with E-state index in [1.165, 1.54) is 6.42 Å². The van der Waals surface area contributed by atoms with Crippen LogP contribution in [0.25, 0.3) is 0 Å². The zero-order chi connectivity index (χ0) is 10.7. The molecule has 1 saturated heterocycles. The van der Waals surface area contributed by atoms with E-state index in [9.17, 15) is 0 Å². The standard InChI is InChI=1S/C11H20N4/c1-10-8-14-11(2,9-13-10)15-6-3-4-12-5-7-15/h8,12H,3-7,9H2,1-2H3. The number of nitrogens with zero attached hydrogens (tertiary/aromatic N) is 3. The number of hydrogen-bond acceptors (Lipinski definition) is 4. The molecule has 2 aliphatic rings. The molecule has 84 valence electrons. The third kappa shape index (κ3) is 2.44. The molecular weight excluding hydrogens is 188 g/mol. The molecule has 4 heteroatoms. The van der Waals surface area contributed by atoms with Gasteiger partial charge < -0.3 is 5.32 Å². The smallest absolute Gasteiger partial charge is 0.130 e. The van der Waals surface area contributed by atoms with Gasteiger partial charge in [0.2, 0.25) is 0 Å². The lowest BCUT2D eigenvalue weighted by Gasteiger charge is -2.37. The van der Waals surface area contributed by atoms with Gasteiger partial charge in [-0.2, -0.15) is 0 Å². The van der Waals surface area contributed by atoms with Crippen LogP contribution in [0.15, 0.2) is 9.98 Å². The van der Waals surface area contributed by atoms with E-state index >= 15 is 0 Å². The number of aliphatic imine (C=N–C) groups is 2. The summed E-state index contributed by atoms with van der Waals surface area (Å²) >= 11 is 0. The summed E-state index contributed by atoms with van der Waals surface area (Å²) in [7, 11) is 0. The number of rotatable bonds is 1. The summed E-state index contributed by atoms with van der Waals surface area (Å²) < 4.78 is 0. The van der Waals surface area contributed by atoms with Gasteiger partial charge in [0.05, 0.1) is 6.54 Å². The molecule has 0 aromatic heterocycles. The van der Waals surface area contributed by atoms with E-state index in [1.54, 1.807) is 0 Å². The minimum atomic E-state index is -0.106. The molecule has 4 nitrogen and oxygen atoms in total. The molecule has 1 N–H and O–H groups in total. The van der Waals surface area contributed by atoms with E-state index in [1.807, 2.05) is 13.1 Å². The maximum Gasteiger partial charge on any atom is 0.130 e. The van der Waals surface area contributed by atoms with E-state index in [4.69, 9.17) is 0 Å². The van der Waals surface area contributed by atoms with E-state index in [-0.39, 0.29) is 5.66 Å². The van der Waals surface area contributed by atoms with Crippen molar-refractivity contribution in [2.45, 2.75) is 25.9 Å². The van der Waals surface area contributed by atoms with Gasteiger partial charge in [0.1, 0.15) is 5.66 Å². The molecule has 2 heterocycles. The molecule has 1 atom stereocenters. The van der Waals surface area contributed by atoms with E-state index < -0.39 is 0 Å². The van der Waals surface area contributed by atoms with Crippen molar-refractivity contribution in [3.63, 3.8) is 0 Å². The van der Waals surface area contributed by atoms with Crippen LogP contribution in [0.2, 0.25) is 0 Å². The van der Waals surface area contributed by atoms with Crippen LogP contribution in [0, 0.1) is 0 Å². The topological polar surface area (TPSA) is 40.0 Å². The summed E-state index contributed by atoms with van der Waals surface area (Å²) in [5.74, 6) is 0. The maximum absolute atomic E-state index is 4.65. The Hall–Kier alpha value is -0.740. The highest BCUT2D eigenvalue weighted by Gasteiger charge is 2.32. The Morgan fingerprint density at radius 1 is 1.40 bits per heavy atom. The van der Waals surface area contributed by atoms with Crippen LogP contribution in [-0.4, -0.2) is 55.2 Å². The summed E-state index contributed by atoms with van der Waals surface area (Å²) in [6, 6.07) is 0. The van der Waals surface area contributed by atoms with Gasteiger partial charge in [-0.15, -0.1) is 0 Å². The highest BCUT2D eigenvalue weighted by atomic mass is 15.3. The third-order valence-electron chi connectivity index (χ3n) is 3.18. The molecule has 0 radical (unpaired) electrons. The Bertz CT molecular complexity index is 276. The predicted octanol–water partition coefficient (Wildman–Crippen LogP) is 0.543. The predicted molar refractivity (Wildman–Crippen MR) is 63.9 cm³/mol. The van der Waals surface area contributed by atoms with Crippen LogP contribution in [0.3, 0.4) is 0 Å². The van der Waals surface area contributed by atoms with Gasteiger partial charge in [0.15, 0.2) is 0 Å². The maximum atomic E-state index is 4.65. The van der Waals surface area contributed by atoms with Crippen molar-refractivity contribution in [2.75, 3.05) is 32.7 Å². The van der Waals surface area contributed by atoms with Crippen LogP contribution in [0.4, 0.5) is 0 Å². The van der Waals surface area contributed by atoms with Gasteiger partial charge in [0.25, 0.3) is 0 Å². The first-order valence-corrected chi connectivity index (χ1v) is 5.73. The van der Waals surface area contributed by atoms with Crippen molar-refractivity contribution in [2.24, 2.45) is 9.98 Å². The molecule has 1 fully saturated rings. The molecule has 0 saturated carbocycles. The molecule has 1 unspecified atom stereocenters. The van der Waals surface area contributed by atoms with Gasteiger partial charge in [-0.05, 0) is 26.8 Å². The van der Waals surface area contributed by atoms with Crippen molar-refractivity contribution < 1.29 is 0 Å². The third-order valence-corrected chi connectivity index (χ3v) is 3.18. The summed E-state index contributed by atoms with van der Waals surface area (Å²) in [5.41, 5.74) is 0.936. The molecule has 0 bridgehead atoms. The van der Waals surface area contributed by atoms with Crippen molar-refractivity contribution >= 4 is 11.9 Å². The fourth-order valence-electron chi connectivity index (χ4n) is 2.10. The molecule has 0 spiro atoms. The zero-order valence-corrected chi connectivity index (χ0v) is 9.66. The second kappa shape index (κ2) is 4.41. The monoisotopic (exact) mass is 208 g/mol. The van der Waals surface area contributed by atoms with Crippen LogP contribution < -0.4 is 5.32 Å². The van der Waals surface area contributed by atoms with E-state index in [0.717, 1.165) is 38.4 Å². The van der Waals surface area contributed by atoms with Crippen molar-refractivity contribution in [1.82, 2.24) is 10.2 Å². The highest BCUT2D eigenvalue weighted by molar-refractivity contribution is 6.29. The Morgan fingerprint density at radius 3 is 3.00 bits per heavy atom. The quantitative estimate of drug-likeness (QED) is 0.683. The normalized spacial score (nSPS) is 33.6. The summed E-state index contributed by atoms with van der Waals surface area (Å²) in [6.07, 6.45) is 3.11. The summed E-state index contributed by atoms with van der Waals surface area (Å²) in [4.78, 5) is 11.6. The fraction of sp³-hybridized carbons (Fsp3) is 0.818. The Balaban J connectivity index is 2.05. The van der Waals surface area contributed by atoms with E-state index in [0.29, 0.717) is 0 Å². The van der Waals surface area contributed by atoms with Gasteiger partial charge in [-0.1, -0.05) is 0 Å². The van der Waals surface area contributed by atoms with E-state index in [2.05, 4.69) is 27.1 Å². The first-order valence-electron chi connectivity index (χ1n) is 5.73. The van der Waals surface area contributed by atoms with Crippen LogP contribution in [0.5, 0.6) is 0 Å². The van der Waals surface area contributed by atoms with Crippen molar-refractivity contribution in [3.8, 4) is 0 Å². The minimum Gasteiger partial charge on any atom is -0.315 e. The van der Waals surface area contributed by atoms with Crippen LogP contribution in [-0.2, 0) is 0 Å². The van der Waals surface area contributed by atoms with Gasteiger partial charge >= 0.3 is 0 Å². The zero-order valence-electron chi connectivity index (χ0n) is 9.66. The largest absolute Gasteiger partial charge is 0.315 e. The Morgan fingerprint density at radius 2 is 2.27 bits per heavy atom. The van der Waals surface area contributed by atoms with Crippen LogP contribution in [0.1, 0.15) is 20.3 Å². The average molecular weight is 208 g/mol. The first kappa shape index (κ1) is 10.8. The fourth-order valence-corrected chi connectivity index (χ4v) is 2.10. The second-order valence-electron chi connectivity index (χ2n) is 4.52. The lowest BCUT2D eigenvalue weighted by atomic mass is 10.1. The highest BCUT2D eigenvalue weighted by Crippen LogP contribution is 2.20. The average Bonchev–Trinajstić information content (AvgIpc) is 2.51. The van der Waals surface area contributed by atoms with Gasteiger partial charge in [0, 0.05) is 31.6 Å². The first-order chi connectivity index (χ1) is 7.21. The molecule has 15 heavy (non-hydrogen) atoms. The molecule has 2 aliphatic heterocycles. The second-order valence-corrected chi connectivity index (χ2v) is 4.52.